The molecule has 0 N–H and O–H groups in total. The van der Waals surface area contributed by atoms with E-state index in [0.717, 1.165) is 10.2 Å². The van der Waals surface area contributed by atoms with E-state index in [0.29, 0.717) is 0 Å². The number of anilines is 1. The van der Waals surface area contributed by atoms with Crippen LogP contribution in [0.25, 0.3) is 0 Å². The number of carbonyl (C=O) groups excluding carboxylic acids is 2. The number of halogens is 1. The van der Waals surface area contributed by atoms with Crippen molar-refractivity contribution in [1.82, 2.24) is 4.90 Å². The van der Waals surface area contributed by atoms with Crippen molar-refractivity contribution in [2.75, 3.05) is 25.0 Å². The van der Waals surface area contributed by atoms with Crippen LogP contribution >= 0.6 is 15.9 Å². The first kappa shape index (κ1) is 11.1. The van der Waals surface area contributed by atoms with E-state index in [-0.39, 0.29) is 24.9 Å². The standard InChI is InChI=1S/C11H11BrN2O2/c1-13-6-11(16)14(7-10(13)15)9-5-3-2-4-8(9)12/h2-5H,6-7H2,1H3. The summed E-state index contributed by atoms with van der Waals surface area (Å²) in [5.74, 6) is -0.107. The van der Waals surface area contributed by atoms with Crippen molar-refractivity contribution in [2.45, 2.75) is 0 Å². The van der Waals surface area contributed by atoms with Gasteiger partial charge < -0.3 is 9.80 Å². The molecule has 4 nitrogen and oxygen atoms in total. The molecule has 0 bridgehead atoms. The molecule has 84 valence electrons. The lowest BCUT2D eigenvalue weighted by atomic mass is 10.2. The van der Waals surface area contributed by atoms with E-state index in [4.69, 9.17) is 0 Å². The summed E-state index contributed by atoms with van der Waals surface area (Å²) in [7, 11) is 1.64. The third-order valence-corrected chi connectivity index (χ3v) is 3.21. The van der Waals surface area contributed by atoms with Crippen LogP contribution in [0.5, 0.6) is 0 Å². The number of rotatable bonds is 1. The third kappa shape index (κ3) is 1.95. The van der Waals surface area contributed by atoms with Gasteiger partial charge in [0.05, 0.1) is 12.2 Å². The van der Waals surface area contributed by atoms with Crippen LogP contribution in [-0.2, 0) is 9.59 Å². The summed E-state index contributed by atoms with van der Waals surface area (Å²) in [6.45, 7) is 0.248. The molecule has 0 radical (unpaired) electrons. The monoisotopic (exact) mass is 282 g/mol. The number of hydrogen-bond donors (Lipinski definition) is 0. The topological polar surface area (TPSA) is 40.6 Å². The van der Waals surface area contributed by atoms with Crippen molar-refractivity contribution in [3.8, 4) is 0 Å². The van der Waals surface area contributed by atoms with Gasteiger partial charge in [0.15, 0.2) is 0 Å². The molecule has 1 fully saturated rings. The van der Waals surface area contributed by atoms with Gasteiger partial charge >= 0.3 is 0 Å². The highest BCUT2D eigenvalue weighted by atomic mass is 79.9. The molecule has 0 atom stereocenters. The van der Waals surface area contributed by atoms with Crippen molar-refractivity contribution in [1.29, 1.82) is 0 Å². The van der Waals surface area contributed by atoms with E-state index in [2.05, 4.69) is 15.9 Å². The Bertz CT molecular complexity index is 447. The molecule has 1 aromatic rings. The fourth-order valence-corrected chi connectivity index (χ4v) is 2.11. The number of piperazine rings is 1. The number of benzene rings is 1. The summed E-state index contributed by atoms with van der Waals surface area (Å²) in [6, 6.07) is 7.39. The average molecular weight is 283 g/mol. The van der Waals surface area contributed by atoms with E-state index in [1.807, 2.05) is 24.3 Å². The SMILES string of the molecule is CN1CC(=O)N(c2ccccc2Br)CC1=O. The fourth-order valence-electron chi connectivity index (χ4n) is 1.61. The van der Waals surface area contributed by atoms with Gasteiger partial charge in [-0.2, -0.15) is 0 Å². The van der Waals surface area contributed by atoms with Gasteiger partial charge in [0, 0.05) is 11.5 Å². The summed E-state index contributed by atoms with van der Waals surface area (Å²) in [5.41, 5.74) is 0.744. The van der Waals surface area contributed by atoms with Crippen molar-refractivity contribution < 1.29 is 9.59 Å². The number of amides is 2. The highest BCUT2D eigenvalue weighted by Crippen LogP contribution is 2.26. The number of carbonyl (C=O) groups is 2. The zero-order chi connectivity index (χ0) is 11.7. The molecule has 1 aromatic carbocycles. The van der Waals surface area contributed by atoms with Gasteiger partial charge in [-0.25, -0.2) is 0 Å². The van der Waals surface area contributed by atoms with Crippen LogP contribution in [-0.4, -0.2) is 36.9 Å². The molecule has 2 amide bonds. The Kier molecular flexibility index (Phi) is 2.96. The maximum Gasteiger partial charge on any atom is 0.247 e. The van der Waals surface area contributed by atoms with Gasteiger partial charge in [0.1, 0.15) is 6.54 Å². The summed E-state index contributed by atoms with van der Waals surface area (Å²) < 4.78 is 0.820. The smallest absolute Gasteiger partial charge is 0.247 e. The predicted molar refractivity (Wildman–Crippen MR) is 64.1 cm³/mol. The zero-order valence-corrected chi connectivity index (χ0v) is 10.4. The summed E-state index contributed by atoms with van der Waals surface area (Å²) >= 11 is 3.38. The molecule has 16 heavy (non-hydrogen) atoms. The molecule has 1 aliphatic rings. The van der Waals surface area contributed by atoms with Crippen molar-refractivity contribution in [2.24, 2.45) is 0 Å². The second-order valence-electron chi connectivity index (χ2n) is 3.68. The number of para-hydroxylation sites is 1. The highest BCUT2D eigenvalue weighted by molar-refractivity contribution is 9.10. The summed E-state index contributed by atoms with van der Waals surface area (Å²) in [6.07, 6.45) is 0. The van der Waals surface area contributed by atoms with Gasteiger partial charge in [-0.3, -0.25) is 9.59 Å². The number of hydrogen-bond acceptors (Lipinski definition) is 2. The van der Waals surface area contributed by atoms with E-state index in [1.165, 1.54) is 9.80 Å². The normalized spacial score (nSPS) is 16.9. The minimum absolute atomic E-state index is 0.0460. The van der Waals surface area contributed by atoms with Crippen molar-refractivity contribution in [3.05, 3.63) is 28.7 Å². The molecule has 1 aliphatic heterocycles. The molecule has 5 heteroatoms. The minimum Gasteiger partial charge on any atom is -0.335 e. The third-order valence-electron chi connectivity index (χ3n) is 2.54. The molecule has 0 aromatic heterocycles. The Hall–Kier alpha value is -1.36. The maximum atomic E-state index is 11.8. The number of nitrogens with zero attached hydrogens (tertiary/aromatic N) is 2. The minimum atomic E-state index is -0.0611. The Labute approximate surface area is 102 Å². The van der Waals surface area contributed by atoms with Gasteiger partial charge in [0.2, 0.25) is 11.8 Å². The Morgan fingerprint density at radius 3 is 2.50 bits per heavy atom. The van der Waals surface area contributed by atoms with Crippen molar-refractivity contribution in [3.63, 3.8) is 0 Å². The number of likely N-dealkylation sites (N-methyl/N-ethyl adjacent to an activating group) is 1. The summed E-state index contributed by atoms with van der Waals surface area (Å²) in [4.78, 5) is 26.3. The Morgan fingerprint density at radius 1 is 1.12 bits per heavy atom. The van der Waals surface area contributed by atoms with Crippen LogP contribution in [0.2, 0.25) is 0 Å². The molecule has 0 saturated carbocycles. The lowest BCUT2D eigenvalue weighted by molar-refractivity contribution is -0.136. The fraction of sp³-hybridized carbons (Fsp3) is 0.273. The molecule has 0 aliphatic carbocycles. The first-order valence-corrected chi connectivity index (χ1v) is 5.68. The van der Waals surface area contributed by atoms with Crippen LogP contribution in [0.3, 0.4) is 0 Å². The van der Waals surface area contributed by atoms with Gasteiger partial charge in [0.25, 0.3) is 0 Å². The first-order valence-electron chi connectivity index (χ1n) is 4.88. The molecular formula is C11H11BrN2O2. The van der Waals surface area contributed by atoms with E-state index >= 15 is 0 Å². The van der Waals surface area contributed by atoms with Crippen LogP contribution < -0.4 is 4.90 Å². The molecule has 1 saturated heterocycles. The Morgan fingerprint density at radius 2 is 1.81 bits per heavy atom. The molecule has 0 spiro atoms. The molecule has 1 heterocycles. The Balaban J connectivity index is 2.31. The van der Waals surface area contributed by atoms with Crippen LogP contribution in [0.1, 0.15) is 0 Å². The second-order valence-corrected chi connectivity index (χ2v) is 4.54. The molecule has 2 rings (SSSR count). The van der Waals surface area contributed by atoms with Gasteiger partial charge in [-0.05, 0) is 28.1 Å². The van der Waals surface area contributed by atoms with Crippen LogP contribution in [0.15, 0.2) is 28.7 Å². The second kappa shape index (κ2) is 4.25. The van der Waals surface area contributed by atoms with E-state index in [9.17, 15) is 9.59 Å². The van der Waals surface area contributed by atoms with Gasteiger partial charge in [-0.1, -0.05) is 12.1 Å². The lowest BCUT2D eigenvalue weighted by Gasteiger charge is -2.32. The largest absolute Gasteiger partial charge is 0.335 e. The van der Waals surface area contributed by atoms with Crippen molar-refractivity contribution >= 4 is 33.4 Å². The van der Waals surface area contributed by atoms with Gasteiger partial charge in [-0.15, -0.1) is 0 Å². The van der Waals surface area contributed by atoms with E-state index < -0.39 is 0 Å². The highest BCUT2D eigenvalue weighted by Gasteiger charge is 2.29. The lowest BCUT2D eigenvalue weighted by Crippen LogP contribution is -2.52. The van der Waals surface area contributed by atoms with E-state index in [1.54, 1.807) is 7.05 Å². The zero-order valence-electron chi connectivity index (χ0n) is 8.81. The quantitative estimate of drug-likeness (QED) is 0.778. The summed E-state index contributed by atoms with van der Waals surface area (Å²) in [5, 5.41) is 0. The average Bonchev–Trinajstić information content (AvgIpc) is 2.25. The van der Waals surface area contributed by atoms with Crippen LogP contribution in [0.4, 0.5) is 5.69 Å². The predicted octanol–water partition coefficient (Wildman–Crippen LogP) is 1.25. The van der Waals surface area contributed by atoms with Crippen LogP contribution in [0, 0.1) is 0 Å². The molecule has 0 unspecified atom stereocenters. The maximum absolute atomic E-state index is 11.8. The first-order chi connectivity index (χ1) is 7.59. The molecular weight excluding hydrogens is 272 g/mol.